The normalized spacial score (nSPS) is 40.7. The quantitative estimate of drug-likeness (QED) is 0.164. The van der Waals surface area contributed by atoms with E-state index in [9.17, 15) is 33.7 Å². The van der Waals surface area contributed by atoms with E-state index in [-0.39, 0.29) is 23.2 Å². The van der Waals surface area contributed by atoms with Gasteiger partial charge in [-0.3, -0.25) is 23.4 Å². The molecule has 3 saturated carbocycles. The maximum Gasteiger partial charge on any atom is 0.472 e. The first kappa shape index (κ1) is 37.1. The summed E-state index contributed by atoms with van der Waals surface area (Å²) in [5.74, 6) is 1.99. The van der Waals surface area contributed by atoms with Crippen LogP contribution in [-0.4, -0.2) is 55.7 Å². The van der Waals surface area contributed by atoms with Crippen LogP contribution in [0.25, 0.3) is 0 Å². The van der Waals surface area contributed by atoms with Crippen molar-refractivity contribution in [2.75, 3.05) is 6.61 Å². The lowest BCUT2D eigenvalue weighted by Crippen LogP contribution is -2.55. The lowest BCUT2D eigenvalue weighted by atomic mass is 9.46. The second-order valence-corrected chi connectivity index (χ2v) is 18.1. The number of halogens is 1. The van der Waals surface area contributed by atoms with Crippen LogP contribution in [-0.2, 0) is 18.3 Å². The molecule has 1 saturated heterocycles. The molecule has 0 radical (unpaired) electrons. The summed E-state index contributed by atoms with van der Waals surface area (Å²) in [5, 5.41) is 22.2. The van der Waals surface area contributed by atoms with Crippen LogP contribution in [0.3, 0.4) is 0 Å². The van der Waals surface area contributed by atoms with Crippen molar-refractivity contribution in [2.45, 2.75) is 136 Å². The van der Waals surface area contributed by atoms with Gasteiger partial charge in [-0.25, -0.2) is 9.36 Å². The molecule has 0 aromatic carbocycles. The van der Waals surface area contributed by atoms with Crippen molar-refractivity contribution < 1.29 is 37.8 Å². The Hall–Kier alpha value is -1.66. The van der Waals surface area contributed by atoms with Crippen molar-refractivity contribution in [1.82, 2.24) is 9.55 Å². The number of H-pyrrole nitrogens is 1. The Balaban J connectivity index is 1.06. The molecule has 1 aromatic heterocycles. The SMILES string of the molecule is CC(C)CCC[C@@H](C)[C@H]1CC[C@H]2[C@@H]3[C@@H](O)C=C4C[C@@H](OP(=O)(O)OC[C@H]5O[C@@H](n6cc(F)c(=O)[nH]c6=O)C[C@@H]5O)CC[C@]4(C)[C@H]3CC[C@]12C. The maximum absolute atomic E-state index is 13.8. The number of aromatic nitrogens is 2. The number of fused-ring (bicyclic) bond motifs is 5. The fourth-order valence-corrected chi connectivity index (χ4v) is 11.8. The van der Waals surface area contributed by atoms with Crippen LogP contribution >= 0.6 is 7.82 Å². The number of hydrogen-bond acceptors (Lipinski definition) is 8. The van der Waals surface area contributed by atoms with E-state index in [0.717, 1.165) is 28.9 Å². The number of nitrogens with zero attached hydrogens (tertiary/aromatic N) is 1. The van der Waals surface area contributed by atoms with Gasteiger partial charge < -0.3 is 19.8 Å². The van der Waals surface area contributed by atoms with Gasteiger partial charge in [0.15, 0.2) is 0 Å². The Morgan fingerprint density at radius 1 is 1.10 bits per heavy atom. The van der Waals surface area contributed by atoms with Gasteiger partial charge in [0, 0.05) is 6.42 Å². The minimum atomic E-state index is -4.58. The Bertz CT molecular complexity index is 1560. The minimum Gasteiger partial charge on any atom is -0.390 e. The fraction of sp³-hybridized carbons (Fsp3) is 0.833. The molecule has 4 aliphatic carbocycles. The van der Waals surface area contributed by atoms with Gasteiger partial charge in [0.2, 0.25) is 5.82 Å². The van der Waals surface area contributed by atoms with Crippen molar-refractivity contribution in [3.8, 4) is 0 Å². The van der Waals surface area contributed by atoms with Crippen molar-refractivity contribution in [3.63, 3.8) is 0 Å². The maximum atomic E-state index is 13.8. The Morgan fingerprint density at radius 2 is 1.86 bits per heavy atom. The van der Waals surface area contributed by atoms with Gasteiger partial charge in [-0.1, -0.05) is 65.5 Å². The van der Waals surface area contributed by atoms with Gasteiger partial charge in [-0.05, 0) is 91.3 Å². The lowest BCUT2D eigenvalue weighted by Gasteiger charge is -2.59. The second-order valence-electron chi connectivity index (χ2n) is 16.7. The molecule has 6 rings (SSSR count). The van der Waals surface area contributed by atoms with E-state index in [4.69, 9.17) is 13.8 Å². The van der Waals surface area contributed by atoms with Crippen LogP contribution in [0.1, 0.15) is 111 Å². The van der Waals surface area contributed by atoms with Crippen LogP contribution < -0.4 is 11.2 Å². The zero-order valence-electron chi connectivity index (χ0n) is 29.6. The van der Waals surface area contributed by atoms with Crippen LogP contribution in [0, 0.1) is 52.2 Å². The van der Waals surface area contributed by atoms with Gasteiger partial charge in [-0.2, -0.15) is 4.39 Å². The molecule has 1 unspecified atom stereocenters. The predicted molar refractivity (Wildman–Crippen MR) is 181 cm³/mol. The van der Waals surface area contributed by atoms with E-state index in [2.05, 4.69) is 34.6 Å². The Kier molecular flexibility index (Phi) is 10.6. The van der Waals surface area contributed by atoms with Crippen molar-refractivity contribution in [3.05, 3.63) is 44.5 Å². The molecule has 11 nitrogen and oxygen atoms in total. The summed E-state index contributed by atoms with van der Waals surface area (Å²) in [7, 11) is -4.58. The van der Waals surface area contributed by atoms with Gasteiger partial charge in [-0.15, -0.1) is 0 Å². The molecule has 13 heteroatoms. The molecule has 4 N–H and O–H groups in total. The van der Waals surface area contributed by atoms with Crippen LogP contribution in [0.15, 0.2) is 27.4 Å². The predicted octanol–water partition coefficient (Wildman–Crippen LogP) is 5.84. The summed E-state index contributed by atoms with van der Waals surface area (Å²) in [6.45, 7) is 11.4. The molecule has 4 fully saturated rings. The lowest BCUT2D eigenvalue weighted by molar-refractivity contribution is -0.0973. The molecular weight excluding hydrogens is 654 g/mol. The van der Waals surface area contributed by atoms with E-state index in [1.54, 1.807) is 0 Å². The zero-order chi connectivity index (χ0) is 35.5. The summed E-state index contributed by atoms with van der Waals surface area (Å²) in [5.41, 5.74) is -0.849. The molecule has 2 heterocycles. The topological polar surface area (TPSA) is 160 Å². The standard InChI is InChI=1S/C36H56FN2O9P/c1-20(2)7-6-8-21(3)24-9-10-25-32-26(12-14-36(24,25)5)35(4)13-11-23(15-22(35)16-29(32)41)48-49(44,45)46-19-30-28(40)17-31(47-30)39-18-27(37)33(42)38-34(39)43/h16,18,20-21,23-26,28-32,40-41H,6-15,17,19H2,1-5H3,(H,44,45)(H,38,42,43)/t21-,23+,24-,25+,26+,28+,29+,30-,31-,32+,35+,36-/m1/s1. The van der Waals surface area contributed by atoms with Crippen molar-refractivity contribution >= 4 is 7.82 Å². The third-order valence-corrected chi connectivity index (χ3v) is 14.4. The summed E-state index contributed by atoms with van der Waals surface area (Å²) in [6.07, 6.45) is 8.38. The number of nitrogens with one attached hydrogen (secondary N) is 1. The van der Waals surface area contributed by atoms with E-state index < -0.39 is 62.1 Å². The number of ether oxygens (including phenoxy) is 1. The van der Waals surface area contributed by atoms with E-state index in [1.807, 2.05) is 11.1 Å². The van der Waals surface area contributed by atoms with Crippen molar-refractivity contribution in [1.29, 1.82) is 0 Å². The van der Waals surface area contributed by atoms with Crippen LogP contribution in [0.2, 0.25) is 0 Å². The highest BCUT2D eigenvalue weighted by atomic mass is 31.2. The molecule has 1 aromatic rings. The number of phosphoric ester groups is 1. The number of aliphatic hydroxyl groups excluding tert-OH is 2. The average molecular weight is 711 g/mol. The Morgan fingerprint density at radius 3 is 2.59 bits per heavy atom. The largest absolute Gasteiger partial charge is 0.472 e. The van der Waals surface area contributed by atoms with Gasteiger partial charge in [0.05, 0.1) is 31.1 Å². The first-order valence-electron chi connectivity index (χ1n) is 18.4. The smallest absolute Gasteiger partial charge is 0.390 e. The van der Waals surface area contributed by atoms with E-state index in [0.29, 0.717) is 42.7 Å². The molecule has 0 amide bonds. The average Bonchev–Trinajstić information content (AvgIpc) is 3.57. The van der Waals surface area contributed by atoms with Crippen LogP contribution in [0.4, 0.5) is 4.39 Å². The zero-order valence-corrected chi connectivity index (χ0v) is 30.4. The molecule has 49 heavy (non-hydrogen) atoms. The summed E-state index contributed by atoms with van der Waals surface area (Å²) >= 11 is 0. The summed E-state index contributed by atoms with van der Waals surface area (Å²) < 4.78 is 44.2. The van der Waals surface area contributed by atoms with Gasteiger partial charge >= 0.3 is 13.5 Å². The molecule has 1 aliphatic heterocycles. The third-order valence-electron chi connectivity index (χ3n) is 13.4. The van der Waals surface area contributed by atoms with Crippen LogP contribution in [0.5, 0.6) is 0 Å². The molecule has 13 atom stereocenters. The van der Waals surface area contributed by atoms with Gasteiger partial charge in [0.25, 0.3) is 5.56 Å². The van der Waals surface area contributed by atoms with Crippen molar-refractivity contribution in [2.24, 2.45) is 46.3 Å². The molecule has 276 valence electrons. The first-order chi connectivity index (χ1) is 23.0. The molecule has 0 spiro atoms. The molecule has 5 aliphatic rings. The highest BCUT2D eigenvalue weighted by Crippen LogP contribution is 2.67. The summed E-state index contributed by atoms with van der Waals surface area (Å²) in [6, 6.07) is 0. The molecule has 0 bridgehead atoms. The summed E-state index contributed by atoms with van der Waals surface area (Å²) in [4.78, 5) is 36.0. The molecular formula is C36H56FN2O9P. The fourth-order valence-electron chi connectivity index (χ4n) is 10.8. The number of rotatable bonds is 11. The van der Waals surface area contributed by atoms with Gasteiger partial charge in [0.1, 0.15) is 12.3 Å². The second kappa shape index (κ2) is 14.1. The van der Waals surface area contributed by atoms with E-state index >= 15 is 0 Å². The highest BCUT2D eigenvalue weighted by molar-refractivity contribution is 7.47. The highest BCUT2D eigenvalue weighted by Gasteiger charge is 2.61. The number of phosphoric acid groups is 1. The first-order valence-corrected chi connectivity index (χ1v) is 19.9. The number of hydrogen-bond donors (Lipinski definition) is 4. The third kappa shape index (κ3) is 7.22. The monoisotopic (exact) mass is 710 g/mol. The number of aliphatic hydroxyl groups is 2. The number of aromatic amines is 1. The van der Waals surface area contributed by atoms with E-state index in [1.165, 1.54) is 38.5 Å². The Labute approximate surface area is 288 Å². The minimum absolute atomic E-state index is 0.109.